The monoisotopic (exact) mass is 224 g/mol. The van der Waals surface area contributed by atoms with Gasteiger partial charge in [0.15, 0.2) is 0 Å². The van der Waals surface area contributed by atoms with Gasteiger partial charge in [-0.05, 0) is 24.1 Å². The average molecular weight is 225 g/mol. The minimum absolute atomic E-state index is 0.131. The largest absolute Gasteiger partial charge is 0.399 e. The first kappa shape index (κ1) is 10.3. The zero-order valence-corrected chi connectivity index (χ0v) is 9.07. The van der Waals surface area contributed by atoms with Crippen LogP contribution in [0.15, 0.2) is 24.3 Å². The quantitative estimate of drug-likeness (QED) is 0.616. The third kappa shape index (κ3) is 2.07. The van der Waals surface area contributed by atoms with E-state index >= 15 is 0 Å². The van der Waals surface area contributed by atoms with E-state index in [-0.39, 0.29) is 11.8 Å². The smallest absolute Gasteiger partial charge is 0.227 e. The molecule has 80 valence electrons. The molecule has 1 amide bonds. The van der Waals surface area contributed by atoms with Crippen LogP contribution in [0.3, 0.4) is 0 Å². The predicted octanol–water partition coefficient (Wildman–Crippen LogP) is 1.86. The van der Waals surface area contributed by atoms with E-state index in [1.165, 1.54) is 0 Å². The number of nitrogen functional groups attached to an aromatic ring is 1. The van der Waals surface area contributed by atoms with Crippen molar-refractivity contribution in [3.05, 3.63) is 24.3 Å². The fraction of sp³-hybridized carbons (Fsp3) is 0.364. The summed E-state index contributed by atoms with van der Waals surface area (Å²) in [4.78, 5) is 13.4. The summed E-state index contributed by atoms with van der Waals surface area (Å²) in [5, 5.41) is 0. The molecule has 0 spiro atoms. The zero-order chi connectivity index (χ0) is 10.8. The second-order valence-electron chi connectivity index (χ2n) is 3.82. The third-order valence-electron chi connectivity index (χ3n) is 2.61. The van der Waals surface area contributed by atoms with E-state index in [0.29, 0.717) is 24.5 Å². The highest BCUT2D eigenvalue weighted by molar-refractivity contribution is 6.18. The number of anilines is 2. The van der Waals surface area contributed by atoms with Gasteiger partial charge in [-0.1, -0.05) is 6.07 Å². The second-order valence-corrected chi connectivity index (χ2v) is 4.13. The highest BCUT2D eigenvalue weighted by Crippen LogP contribution is 2.26. The zero-order valence-electron chi connectivity index (χ0n) is 8.32. The lowest BCUT2D eigenvalue weighted by Crippen LogP contribution is -2.24. The Bertz CT molecular complexity index is 381. The molecule has 1 aliphatic heterocycles. The fourth-order valence-electron chi connectivity index (χ4n) is 1.83. The molecule has 1 heterocycles. The number of hydrogen-bond donors (Lipinski definition) is 1. The first-order valence-corrected chi connectivity index (χ1v) is 5.46. The first-order chi connectivity index (χ1) is 7.20. The van der Waals surface area contributed by atoms with Crippen LogP contribution in [-0.2, 0) is 4.79 Å². The number of amides is 1. The highest BCUT2D eigenvalue weighted by atomic mass is 35.5. The van der Waals surface area contributed by atoms with E-state index in [9.17, 15) is 4.79 Å². The molecule has 0 radical (unpaired) electrons. The lowest BCUT2D eigenvalue weighted by atomic mass is 10.1. The van der Waals surface area contributed by atoms with Crippen LogP contribution in [0.4, 0.5) is 11.4 Å². The Hall–Kier alpha value is -1.22. The van der Waals surface area contributed by atoms with Crippen LogP contribution in [0, 0.1) is 5.92 Å². The molecule has 0 aromatic heterocycles. The van der Waals surface area contributed by atoms with Gasteiger partial charge in [0.25, 0.3) is 0 Å². The van der Waals surface area contributed by atoms with E-state index in [1.807, 2.05) is 24.3 Å². The maximum absolute atomic E-state index is 11.7. The van der Waals surface area contributed by atoms with Gasteiger partial charge in [-0.3, -0.25) is 4.79 Å². The van der Waals surface area contributed by atoms with Crippen molar-refractivity contribution < 1.29 is 4.79 Å². The lowest BCUT2D eigenvalue weighted by molar-refractivity contribution is -0.117. The Morgan fingerprint density at radius 3 is 2.93 bits per heavy atom. The summed E-state index contributed by atoms with van der Waals surface area (Å²) >= 11 is 5.75. The third-order valence-corrected chi connectivity index (χ3v) is 3.04. The van der Waals surface area contributed by atoms with Crippen LogP contribution in [0.25, 0.3) is 0 Å². The minimum Gasteiger partial charge on any atom is -0.399 e. The molecule has 1 aromatic rings. The number of hydrogen-bond acceptors (Lipinski definition) is 2. The van der Waals surface area contributed by atoms with Crippen molar-refractivity contribution in [2.75, 3.05) is 23.1 Å². The number of halogens is 1. The first-order valence-electron chi connectivity index (χ1n) is 4.92. The van der Waals surface area contributed by atoms with E-state index < -0.39 is 0 Å². The van der Waals surface area contributed by atoms with E-state index in [1.54, 1.807) is 4.90 Å². The number of carbonyl (C=O) groups excluding carboxylic acids is 1. The van der Waals surface area contributed by atoms with Crippen molar-refractivity contribution in [1.82, 2.24) is 0 Å². The van der Waals surface area contributed by atoms with Gasteiger partial charge >= 0.3 is 0 Å². The molecular weight excluding hydrogens is 212 g/mol. The summed E-state index contributed by atoms with van der Waals surface area (Å²) in [6, 6.07) is 7.37. The molecule has 1 aromatic carbocycles. The minimum atomic E-state index is 0.131. The number of nitrogens with zero attached hydrogens (tertiary/aromatic N) is 1. The number of rotatable bonds is 2. The van der Waals surface area contributed by atoms with Crippen molar-refractivity contribution in [2.45, 2.75) is 6.42 Å². The van der Waals surface area contributed by atoms with Gasteiger partial charge in [0, 0.05) is 30.2 Å². The maximum atomic E-state index is 11.7. The molecule has 0 saturated carbocycles. The number of alkyl halides is 1. The van der Waals surface area contributed by atoms with Gasteiger partial charge in [0.05, 0.1) is 0 Å². The van der Waals surface area contributed by atoms with Gasteiger partial charge < -0.3 is 10.6 Å². The van der Waals surface area contributed by atoms with Crippen molar-refractivity contribution in [3.8, 4) is 0 Å². The fourth-order valence-corrected chi connectivity index (χ4v) is 2.03. The van der Waals surface area contributed by atoms with E-state index in [4.69, 9.17) is 17.3 Å². The van der Waals surface area contributed by atoms with Gasteiger partial charge in [0.2, 0.25) is 5.91 Å². The molecule has 2 rings (SSSR count). The molecule has 1 fully saturated rings. The van der Waals surface area contributed by atoms with E-state index in [0.717, 1.165) is 5.69 Å². The molecule has 3 nitrogen and oxygen atoms in total. The van der Waals surface area contributed by atoms with Crippen molar-refractivity contribution in [3.63, 3.8) is 0 Å². The molecule has 4 heteroatoms. The predicted molar refractivity (Wildman–Crippen MR) is 62.0 cm³/mol. The van der Waals surface area contributed by atoms with Crippen molar-refractivity contribution >= 4 is 28.9 Å². The van der Waals surface area contributed by atoms with Gasteiger partial charge in [0.1, 0.15) is 0 Å². The Balaban J connectivity index is 2.21. The molecule has 15 heavy (non-hydrogen) atoms. The molecule has 1 atom stereocenters. The molecule has 1 aliphatic rings. The summed E-state index contributed by atoms with van der Waals surface area (Å²) in [5.74, 6) is 0.928. The molecule has 1 saturated heterocycles. The van der Waals surface area contributed by atoms with Crippen LogP contribution in [-0.4, -0.2) is 18.3 Å². The molecule has 1 unspecified atom stereocenters. The molecule has 0 bridgehead atoms. The van der Waals surface area contributed by atoms with Crippen molar-refractivity contribution in [1.29, 1.82) is 0 Å². The van der Waals surface area contributed by atoms with Gasteiger partial charge in [-0.2, -0.15) is 0 Å². The summed E-state index contributed by atoms with van der Waals surface area (Å²) in [6.07, 6.45) is 0.540. The van der Waals surface area contributed by atoms with Gasteiger partial charge in [-0.25, -0.2) is 0 Å². The topological polar surface area (TPSA) is 46.3 Å². The Morgan fingerprint density at radius 1 is 1.53 bits per heavy atom. The average Bonchev–Trinajstić information content (AvgIpc) is 2.60. The van der Waals surface area contributed by atoms with Crippen LogP contribution < -0.4 is 10.6 Å². The number of benzene rings is 1. The summed E-state index contributed by atoms with van der Waals surface area (Å²) < 4.78 is 0. The SMILES string of the molecule is Nc1cccc(N2CC(CCl)CC2=O)c1. The van der Waals surface area contributed by atoms with Crippen LogP contribution in [0.1, 0.15) is 6.42 Å². The van der Waals surface area contributed by atoms with Crippen LogP contribution in [0.2, 0.25) is 0 Å². The summed E-state index contributed by atoms with van der Waals surface area (Å²) in [5.41, 5.74) is 7.22. The molecule has 0 aliphatic carbocycles. The Kier molecular flexibility index (Phi) is 2.82. The van der Waals surface area contributed by atoms with Gasteiger partial charge in [-0.15, -0.1) is 11.6 Å². The Labute approximate surface area is 93.8 Å². The lowest BCUT2D eigenvalue weighted by Gasteiger charge is -2.16. The van der Waals surface area contributed by atoms with Crippen LogP contribution in [0.5, 0.6) is 0 Å². The maximum Gasteiger partial charge on any atom is 0.227 e. The summed E-state index contributed by atoms with van der Waals surface area (Å²) in [7, 11) is 0. The second kappa shape index (κ2) is 4.11. The number of nitrogens with two attached hydrogens (primary N) is 1. The normalized spacial score (nSPS) is 21.0. The Morgan fingerprint density at radius 2 is 2.33 bits per heavy atom. The standard InChI is InChI=1S/C11H13ClN2O/c12-6-8-4-11(15)14(7-8)10-3-1-2-9(13)5-10/h1-3,5,8H,4,6-7,13H2. The molecule has 2 N–H and O–H groups in total. The van der Waals surface area contributed by atoms with Crippen molar-refractivity contribution in [2.24, 2.45) is 5.92 Å². The summed E-state index contributed by atoms with van der Waals surface area (Å²) in [6.45, 7) is 0.700. The van der Waals surface area contributed by atoms with Crippen LogP contribution >= 0.6 is 11.6 Å². The molecular formula is C11H13ClN2O. The van der Waals surface area contributed by atoms with E-state index in [2.05, 4.69) is 0 Å². The highest BCUT2D eigenvalue weighted by Gasteiger charge is 2.29. The number of carbonyl (C=O) groups is 1.